The van der Waals surface area contributed by atoms with E-state index in [-0.39, 0.29) is 14.1 Å². The van der Waals surface area contributed by atoms with Crippen LogP contribution in [0.4, 0.5) is 0 Å². The summed E-state index contributed by atoms with van der Waals surface area (Å²) in [6, 6.07) is 0. The van der Waals surface area contributed by atoms with E-state index in [0.717, 1.165) is 24.2 Å². The summed E-state index contributed by atoms with van der Waals surface area (Å²) in [5, 5.41) is 0. The molecule has 0 atom stereocenters. The normalized spacial score (nSPS) is 19.3. The lowest BCUT2D eigenvalue weighted by atomic mass is 9.89. The number of aryl methyl sites for hydroxylation is 1. The molecule has 0 unspecified atom stereocenters. The van der Waals surface area contributed by atoms with E-state index in [1.54, 1.807) is 6.92 Å². The van der Waals surface area contributed by atoms with Gasteiger partial charge in [0.1, 0.15) is 0 Å². The van der Waals surface area contributed by atoms with Crippen LogP contribution in [0, 0.1) is 12.3 Å². The first-order valence-corrected chi connectivity index (χ1v) is 8.63. The highest BCUT2D eigenvalue weighted by atomic mass is 35.5. The zero-order valence-corrected chi connectivity index (χ0v) is 12.9. The molecule has 0 amide bonds. The van der Waals surface area contributed by atoms with Crippen LogP contribution in [0.15, 0.2) is 4.21 Å². The molecule has 1 aliphatic rings. The van der Waals surface area contributed by atoms with Crippen LogP contribution in [0.25, 0.3) is 0 Å². The van der Waals surface area contributed by atoms with E-state index in [1.165, 1.54) is 12.8 Å². The minimum Gasteiger partial charge on any atom is -0.229 e. The van der Waals surface area contributed by atoms with Crippen LogP contribution in [0.3, 0.4) is 0 Å². The number of thiazole rings is 1. The third-order valence-corrected chi connectivity index (χ3v) is 6.74. The van der Waals surface area contributed by atoms with Crippen molar-refractivity contribution in [1.82, 2.24) is 9.71 Å². The molecule has 0 aromatic carbocycles. The van der Waals surface area contributed by atoms with Crippen LogP contribution < -0.4 is 4.72 Å². The first-order chi connectivity index (χ1) is 8.32. The van der Waals surface area contributed by atoms with Crippen LogP contribution in [-0.2, 0) is 10.0 Å². The lowest BCUT2D eigenvalue weighted by Gasteiger charge is -2.23. The standard InChI is InChI=1S/C11H17ClN2O2S2/c1-8-9(17-10(12)14-8)18(15,16)13-7-11(2)5-3-4-6-11/h13H,3-7H2,1-2H3. The zero-order valence-electron chi connectivity index (χ0n) is 10.5. The minimum atomic E-state index is -3.47. The Hall–Kier alpha value is -0.170. The Balaban J connectivity index is 2.10. The summed E-state index contributed by atoms with van der Waals surface area (Å²) in [6.45, 7) is 4.29. The molecule has 1 aromatic rings. The summed E-state index contributed by atoms with van der Waals surface area (Å²) < 4.78 is 27.5. The Morgan fingerprint density at radius 1 is 1.44 bits per heavy atom. The van der Waals surface area contributed by atoms with Crippen molar-refractivity contribution >= 4 is 33.0 Å². The van der Waals surface area contributed by atoms with Gasteiger partial charge in [0, 0.05) is 6.54 Å². The molecule has 2 rings (SSSR count). The highest BCUT2D eigenvalue weighted by Crippen LogP contribution is 2.37. The number of hydrogen-bond acceptors (Lipinski definition) is 4. The molecule has 1 aliphatic carbocycles. The van der Waals surface area contributed by atoms with Crippen LogP contribution >= 0.6 is 22.9 Å². The van der Waals surface area contributed by atoms with Gasteiger partial charge in [0.15, 0.2) is 8.68 Å². The van der Waals surface area contributed by atoms with Gasteiger partial charge >= 0.3 is 0 Å². The number of sulfonamides is 1. The van der Waals surface area contributed by atoms with Crippen molar-refractivity contribution in [3.8, 4) is 0 Å². The van der Waals surface area contributed by atoms with E-state index in [4.69, 9.17) is 11.6 Å². The summed E-state index contributed by atoms with van der Waals surface area (Å²) in [5.74, 6) is 0. The first kappa shape index (κ1) is 14.2. The molecule has 0 spiro atoms. The first-order valence-electron chi connectivity index (χ1n) is 5.95. The maximum absolute atomic E-state index is 12.2. The van der Waals surface area contributed by atoms with E-state index < -0.39 is 10.0 Å². The molecule has 1 N–H and O–H groups in total. The SMILES string of the molecule is Cc1nc(Cl)sc1S(=O)(=O)NCC1(C)CCCC1. The summed E-state index contributed by atoms with van der Waals surface area (Å²) in [5.41, 5.74) is 0.559. The molecule has 1 saturated carbocycles. The Bertz CT molecular complexity index is 533. The van der Waals surface area contributed by atoms with Gasteiger partial charge in [-0.3, -0.25) is 0 Å². The Morgan fingerprint density at radius 2 is 2.06 bits per heavy atom. The molecule has 4 nitrogen and oxygen atoms in total. The van der Waals surface area contributed by atoms with E-state index in [1.807, 2.05) is 0 Å². The highest BCUT2D eigenvalue weighted by Gasteiger charge is 2.31. The second-order valence-electron chi connectivity index (χ2n) is 5.18. The van der Waals surface area contributed by atoms with Crippen molar-refractivity contribution in [3.63, 3.8) is 0 Å². The van der Waals surface area contributed by atoms with Gasteiger partial charge in [-0.25, -0.2) is 18.1 Å². The fourth-order valence-corrected chi connectivity index (χ4v) is 5.32. The number of nitrogens with zero attached hydrogens (tertiary/aromatic N) is 1. The molecule has 0 saturated heterocycles. The predicted octanol–water partition coefficient (Wildman–Crippen LogP) is 2.96. The minimum absolute atomic E-state index is 0.0927. The zero-order chi connectivity index (χ0) is 13.4. The molecule has 1 fully saturated rings. The fraction of sp³-hybridized carbons (Fsp3) is 0.727. The number of halogens is 1. The van der Waals surface area contributed by atoms with Crippen LogP contribution in [0.1, 0.15) is 38.3 Å². The van der Waals surface area contributed by atoms with Gasteiger partial charge in [-0.05, 0) is 25.2 Å². The summed E-state index contributed by atoms with van der Waals surface area (Å²) in [7, 11) is -3.47. The molecule has 102 valence electrons. The monoisotopic (exact) mass is 308 g/mol. The number of rotatable bonds is 4. The molecule has 0 radical (unpaired) electrons. The number of nitrogens with one attached hydrogen (secondary N) is 1. The summed E-state index contributed by atoms with van der Waals surface area (Å²) in [6.07, 6.45) is 4.53. The lowest BCUT2D eigenvalue weighted by Crippen LogP contribution is -2.34. The summed E-state index contributed by atoms with van der Waals surface area (Å²) >= 11 is 6.75. The maximum atomic E-state index is 12.2. The largest absolute Gasteiger partial charge is 0.252 e. The van der Waals surface area contributed by atoms with E-state index in [2.05, 4.69) is 16.6 Å². The van der Waals surface area contributed by atoms with Gasteiger partial charge in [0.2, 0.25) is 0 Å². The van der Waals surface area contributed by atoms with Gasteiger partial charge in [-0.1, -0.05) is 42.7 Å². The van der Waals surface area contributed by atoms with Gasteiger partial charge < -0.3 is 0 Å². The van der Waals surface area contributed by atoms with Gasteiger partial charge in [-0.15, -0.1) is 0 Å². The number of hydrogen-bond donors (Lipinski definition) is 1. The van der Waals surface area contributed by atoms with Crippen molar-refractivity contribution in [3.05, 3.63) is 10.2 Å². The average Bonchev–Trinajstić information content (AvgIpc) is 2.84. The van der Waals surface area contributed by atoms with Crippen molar-refractivity contribution in [1.29, 1.82) is 0 Å². The van der Waals surface area contributed by atoms with Crippen molar-refractivity contribution < 1.29 is 8.42 Å². The van der Waals surface area contributed by atoms with Crippen LogP contribution in [0.5, 0.6) is 0 Å². The molecular weight excluding hydrogens is 292 g/mol. The van der Waals surface area contributed by atoms with Gasteiger partial charge in [-0.2, -0.15) is 0 Å². The van der Waals surface area contributed by atoms with Gasteiger partial charge in [0.05, 0.1) is 5.69 Å². The molecule has 7 heteroatoms. The molecule has 1 aromatic heterocycles. The van der Waals surface area contributed by atoms with Gasteiger partial charge in [0.25, 0.3) is 10.0 Å². The van der Waals surface area contributed by atoms with Crippen LogP contribution in [0.2, 0.25) is 4.47 Å². The van der Waals surface area contributed by atoms with E-state index in [9.17, 15) is 8.42 Å². The summed E-state index contributed by atoms with van der Waals surface area (Å²) in [4.78, 5) is 3.94. The van der Waals surface area contributed by atoms with Crippen molar-refractivity contribution in [2.45, 2.75) is 43.7 Å². The third kappa shape index (κ3) is 3.04. The van der Waals surface area contributed by atoms with E-state index in [0.29, 0.717) is 12.2 Å². The second-order valence-corrected chi connectivity index (χ2v) is 8.73. The Labute approximate surface area is 117 Å². The maximum Gasteiger partial charge on any atom is 0.252 e. The van der Waals surface area contributed by atoms with Crippen LogP contribution in [-0.4, -0.2) is 19.9 Å². The molecule has 1 heterocycles. The Morgan fingerprint density at radius 3 is 2.56 bits per heavy atom. The molecule has 0 aliphatic heterocycles. The second kappa shape index (κ2) is 5.07. The highest BCUT2D eigenvalue weighted by molar-refractivity contribution is 7.91. The quantitative estimate of drug-likeness (QED) is 0.930. The Kier molecular flexibility index (Phi) is 4.02. The third-order valence-electron chi connectivity index (χ3n) is 3.47. The predicted molar refractivity (Wildman–Crippen MR) is 73.6 cm³/mol. The molecule has 0 bridgehead atoms. The van der Waals surface area contributed by atoms with Crippen molar-refractivity contribution in [2.24, 2.45) is 5.41 Å². The van der Waals surface area contributed by atoms with E-state index >= 15 is 0 Å². The fourth-order valence-electron chi connectivity index (χ4n) is 2.34. The average molecular weight is 309 g/mol. The number of aromatic nitrogens is 1. The van der Waals surface area contributed by atoms with Crippen molar-refractivity contribution in [2.75, 3.05) is 6.54 Å². The molecule has 18 heavy (non-hydrogen) atoms. The topological polar surface area (TPSA) is 59.1 Å². The smallest absolute Gasteiger partial charge is 0.229 e. The lowest BCUT2D eigenvalue weighted by molar-refractivity contribution is 0.336. The molecular formula is C11H17ClN2O2S2.